The Morgan fingerprint density at radius 2 is 1.00 bits per heavy atom. The molecule has 6 heteroatoms. The molecule has 262 valence electrons. The maximum Gasteiger partial charge on any atom is 0.166 e. The predicted molar refractivity (Wildman–Crippen MR) is 232 cm³/mol. The van der Waals surface area contributed by atoms with E-state index in [1.54, 1.807) is 0 Å². The van der Waals surface area contributed by atoms with Crippen LogP contribution in [-0.4, -0.2) is 24.5 Å². The number of benzene rings is 7. The van der Waals surface area contributed by atoms with E-state index in [1.807, 2.05) is 84.3 Å². The minimum atomic E-state index is 0.569. The molecule has 11 aromatic rings. The van der Waals surface area contributed by atoms with Crippen LogP contribution in [0.1, 0.15) is 0 Å². The van der Waals surface area contributed by atoms with Crippen LogP contribution in [0.4, 0.5) is 0 Å². The molecule has 0 aliphatic heterocycles. The number of pyridine rings is 1. The van der Waals surface area contributed by atoms with E-state index >= 15 is 0 Å². The first kappa shape index (κ1) is 32.2. The second-order valence-electron chi connectivity index (χ2n) is 13.9. The first-order valence-electron chi connectivity index (χ1n) is 18.6. The number of para-hydroxylation sites is 2. The van der Waals surface area contributed by atoms with Gasteiger partial charge in [-0.25, -0.2) is 15.0 Å². The van der Waals surface area contributed by atoms with Crippen molar-refractivity contribution in [3.8, 4) is 62.2 Å². The van der Waals surface area contributed by atoms with Crippen LogP contribution in [-0.2, 0) is 0 Å². The van der Waals surface area contributed by atoms with Gasteiger partial charge in [0.1, 0.15) is 0 Å². The number of rotatable bonds is 6. The van der Waals surface area contributed by atoms with Crippen molar-refractivity contribution in [3.63, 3.8) is 0 Å². The lowest BCUT2D eigenvalue weighted by atomic mass is 9.98. The third-order valence-corrected chi connectivity index (χ3v) is 11.6. The molecule has 4 heterocycles. The average Bonchev–Trinajstić information content (AvgIpc) is 3.82. The van der Waals surface area contributed by atoms with Gasteiger partial charge in [0.2, 0.25) is 0 Å². The molecule has 0 saturated heterocycles. The largest absolute Gasteiger partial charge is 0.309 e. The number of thiophene rings is 1. The van der Waals surface area contributed by atoms with E-state index < -0.39 is 0 Å². The van der Waals surface area contributed by atoms with Crippen LogP contribution < -0.4 is 0 Å². The van der Waals surface area contributed by atoms with Crippen LogP contribution >= 0.6 is 11.3 Å². The summed E-state index contributed by atoms with van der Waals surface area (Å²) in [6, 6.07) is 63.5. The third-order valence-electron chi connectivity index (χ3n) is 10.5. The Kier molecular flexibility index (Phi) is 7.60. The van der Waals surface area contributed by atoms with Crippen LogP contribution in [0.5, 0.6) is 0 Å². The minimum absolute atomic E-state index is 0.569. The maximum absolute atomic E-state index is 5.24. The molecule has 0 aliphatic carbocycles. The maximum atomic E-state index is 5.24. The highest BCUT2D eigenvalue weighted by Gasteiger charge is 2.21. The Morgan fingerprint density at radius 3 is 1.70 bits per heavy atom. The van der Waals surface area contributed by atoms with Gasteiger partial charge in [-0.05, 0) is 48.0 Å². The lowest BCUT2D eigenvalue weighted by molar-refractivity contribution is 1.07. The minimum Gasteiger partial charge on any atom is -0.309 e. The summed E-state index contributed by atoms with van der Waals surface area (Å²) in [7, 11) is 0. The summed E-state index contributed by atoms with van der Waals surface area (Å²) in [6.07, 6.45) is 1.97. The predicted octanol–water partition coefficient (Wildman–Crippen LogP) is 13.1. The quantitative estimate of drug-likeness (QED) is 0.171. The average molecular weight is 734 g/mol. The van der Waals surface area contributed by atoms with Gasteiger partial charge in [-0.2, -0.15) is 0 Å². The molecule has 56 heavy (non-hydrogen) atoms. The van der Waals surface area contributed by atoms with Crippen molar-refractivity contribution >= 4 is 53.3 Å². The highest BCUT2D eigenvalue weighted by atomic mass is 32.1. The van der Waals surface area contributed by atoms with Crippen molar-refractivity contribution in [1.82, 2.24) is 24.5 Å². The molecule has 0 radical (unpaired) electrons. The Balaban J connectivity index is 1.19. The molecular formula is C50H31N5S. The van der Waals surface area contributed by atoms with E-state index in [4.69, 9.17) is 19.9 Å². The normalized spacial score (nSPS) is 11.6. The molecule has 0 bridgehead atoms. The van der Waals surface area contributed by atoms with Gasteiger partial charge in [-0.1, -0.05) is 140 Å². The van der Waals surface area contributed by atoms with Gasteiger partial charge in [0.15, 0.2) is 17.5 Å². The number of nitrogens with zero attached hydrogens (tertiary/aromatic N) is 5. The summed E-state index contributed by atoms with van der Waals surface area (Å²) in [5.74, 6) is 1.79. The second-order valence-corrected chi connectivity index (χ2v) is 14.9. The summed E-state index contributed by atoms with van der Waals surface area (Å²) >= 11 is 1.83. The van der Waals surface area contributed by atoms with Gasteiger partial charge in [-0.15, -0.1) is 11.3 Å². The molecule has 0 saturated carbocycles. The zero-order valence-electron chi connectivity index (χ0n) is 30.0. The molecule has 7 aromatic carbocycles. The van der Waals surface area contributed by atoms with E-state index in [1.165, 1.54) is 42.0 Å². The molecule has 5 nitrogen and oxygen atoms in total. The van der Waals surface area contributed by atoms with Crippen LogP contribution in [0, 0.1) is 0 Å². The Bertz CT molecular complexity index is 3170. The molecule has 0 spiro atoms. The van der Waals surface area contributed by atoms with Gasteiger partial charge >= 0.3 is 0 Å². The SMILES string of the molecule is c1ccc(-c2cnc(-c3ccc4sc5ccc6c7ccccc7n(-c7ccccc7)c6c5c4c3)c(-c3nc(-c4ccccc4)nc(-c4ccccc4)n3)c2)cc1. The van der Waals surface area contributed by atoms with E-state index in [0.717, 1.165) is 44.8 Å². The van der Waals surface area contributed by atoms with Crippen molar-refractivity contribution in [3.05, 3.63) is 188 Å². The topological polar surface area (TPSA) is 56.5 Å². The summed E-state index contributed by atoms with van der Waals surface area (Å²) in [5.41, 5.74) is 10.1. The molecule has 0 unspecified atom stereocenters. The number of aromatic nitrogens is 5. The van der Waals surface area contributed by atoms with Crippen molar-refractivity contribution in [2.75, 3.05) is 0 Å². The zero-order valence-corrected chi connectivity index (χ0v) is 30.9. The Morgan fingerprint density at radius 1 is 0.411 bits per heavy atom. The molecule has 0 amide bonds. The Hall–Kier alpha value is -7.28. The first-order chi connectivity index (χ1) is 27.8. The molecule has 11 rings (SSSR count). The van der Waals surface area contributed by atoms with E-state index in [9.17, 15) is 0 Å². The van der Waals surface area contributed by atoms with Crippen LogP contribution in [0.15, 0.2) is 188 Å². The van der Waals surface area contributed by atoms with Crippen LogP contribution in [0.25, 0.3) is 104 Å². The van der Waals surface area contributed by atoms with Crippen molar-refractivity contribution in [1.29, 1.82) is 0 Å². The van der Waals surface area contributed by atoms with Gasteiger partial charge in [0.05, 0.1) is 16.7 Å². The highest BCUT2D eigenvalue weighted by Crippen LogP contribution is 2.45. The lowest BCUT2D eigenvalue weighted by Crippen LogP contribution is -2.02. The highest BCUT2D eigenvalue weighted by molar-refractivity contribution is 7.26. The Labute approximate surface area is 326 Å². The fourth-order valence-corrected chi connectivity index (χ4v) is 8.98. The smallest absolute Gasteiger partial charge is 0.166 e. The standard InChI is InChI=1S/C50H31N5S/c1-5-15-32(16-6-1)36-30-41(50-53-48(33-17-7-2-8-18-33)52-49(54-50)34-19-9-3-10-20-34)46(51-31-36)35-25-27-43-40(29-35)45-44(56-43)28-26-39-38-23-13-14-24-42(38)55(47(39)45)37-21-11-4-12-22-37/h1-31H. The molecule has 0 N–H and O–H groups in total. The molecule has 4 aromatic heterocycles. The van der Waals surface area contributed by atoms with Crippen molar-refractivity contribution < 1.29 is 0 Å². The molecule has 0 fully saturated rings. The van der Waals surface area contributed by atoms with Crippen LogP contribution in [0.2, 0.25) is 0 Å². The first-order valence-corrected chi connectivity index (χ1v) is 19.5. The lowest BCUT2D eigenvalue weighted by Gasteiger charge is -2.13. The monoisotopic (exact) mass is 733 g/mol. The van der Waals surface area contributed by atoms with Crippen LogP contribution in [0.3, 0.4) is 0 Å². The van der Waals surface area contributed by atoms with Gasteiger partial charge in [-0.3, -0.25) is 4.98 Å². The van der Waals surface area contributed by atoms with Gasteiger partial charge in [0, 0.05) is 70.6 Å². The van der Waals surface area contributed by atoms with Crippen molar-refractivity contribution in [2.24, 2.45) is 0 Å². The third kappa shape index (κ3) is 5.38. The number of fused-ring (bicyclic) bond motifs is 7. The number of hydrogen-bond donors (Lipinski definition) is 0. The zero-order chi connectivity index (χ0) is 37.0. The summed E-state index contributed by atoms with van der Waals surface area (Å²) in [5, 5.41) is 4.91. The number of hydrogen-bond acceptors (Lipinski definition) is 5. The summed E-state index contributed by atoms with van der Waals surface area (Å²) < 4.78 is 4.89. The molecular weight excluding hydrogens is 703 g/mol. The summed E-state index contributed by atoms with van der Waals surface area (Å²) in [4.78, 5) is 20.6. The van der Waals surface area contributed by atoms with Gasteiger partial charge in [0.25, 0.3) is 0 Å². The molecule has 0 aliphatic rings. The fraction of sp³-hybridized carbons (Fsp3) is 0. The summed E-state index contributed by atoms with van der Waals surface area (Å²) in [6.45, 7) is 0. The van der Waals surface area contributed by atoms with E-state index in [2.05, 4.69) is 120 Å². The van der Waals surface area contributed by atoms with E-state index in [-0.39, 0.29) is 0 Å². The van der Waals surface area contributed by atoms with E-state index in [0.29, 0.717) is 17.5 Å². The van der Waals surface area contributed by atoms with Gasteiger partial charge < -0.3 is 4.57 Å². The molecule has 0 atom stereocenters. The fourth-order valence-electron chi connectivity index (χ4n) is 7.89. The van der Waals surface area contributed by atoms with Crippen molar-refractivity contribution in [2.45, 2.75) is 0 Å². The second kappa shape index (κ2) is 13.2.